The molecule has 0 radical (unpaired) electrons. The molecule has 3 rings (SSSR count). The molecular formula is C15H25N3O2S. The molecule has 2 aliphatic rings. The van der Waals surface area contributed by atoms with E-state index in [9.17, 15) is 8.42 Å². The number of sulfonamides is 1. The summed E-state index contributed by atoms with van der Waals surface area (Å²) < 4.78 is 29.3. The largest absolute Gasteiger partial charge is 0.337 e. The van der Waals surface area contributed by atoms with Crippen molar-refractivity contribution in [1.82, 2.24) is 13.9 Å². The lowest BCUT2D eigenvalue weighted by Crippen LogP contribution is -2.38. The molecule has 0 amide bonds. The van der Waals surface area contributed by atoms with E-state index in [1.807, 2.05) is 24.7 Å². The zero-order valence-corrected chi connectivity index (χ0v) is 13.8. The Morgan fingerprint density at radius 2 is 1.90 bits per heavy atom. The molecule has 1 saturated heterocycles. The molecule has 2 heterocycles. The number of nitrogens with zero attached hydrogens (tertiary/aromatic N) is 3. The average molecular weight is 311 g/mol. The molecule has 21 heavy (non-hydrogen) atoms. The Bertz CT molecular complexity index is 602. The first-order valence-corrected chi connectivity index (χ1v) is 9.47. The molecule has 0 unspecified atom stereocenters. The fourth-order valence-electron chi connectivity index (χ4n) is 3.76. The van der Waals surface area contributed by atoms with Gasteiger partial charge >= 0.3 is 0 Å². The number of aryl methyl sites for hydroxylation is 2. The lowest BCUT2D eigenvalue weighted by atomic mass is 10.0. The van der Waals surface area contributed by atoms with Crippen LogP contribution in [-0.4, -0.2) is 40.6 Å². The maximum absolute atomic E-state index is 12.8. The second-order valence-electron chi connectivity index (χ2n) is 6.50. The molecule has 0 bridgehead atoms. The molecule has 1 saturated carbocycles. The van der Waals surface area contributed by atoms with Crippen LogP contribution in [0, 0.1) is 6.92 Å². The summed E-state index contributed by atoms with van der Waals surface area (Å²) in [6.45, 7) is 3.23. The second-order valence-corrected chi connectivity index (χ2v) is 8.71. The first-order chi connectivity index (χ1) is 9.98. The van der Waals surface area contributed by atoms with Gasteiger partial charge in [0.05, 0.1) is 10.9 Å². The number of imidazole rings is 1. The predicted molar refractivity (Wildman–Crippen MR) is 82.7 cm³/mol. The number of hydrogen-bond acceptors (Lipinski definition) is 3. The van der Waals surface area contributed by atoms with Crippen LogP contribution in [-0.2, 0) is 17.1 Å². The fourth-order valence-corrected chi connectivity index (χ4v) is 5.86. The monoisotopic (exact) mass is 311 g/mol. The van der Waals surface area contributed by atoms with Crippen molar-refractivity contribution in [3.05, 3.63) is 17.7 Å². The average Bonchev–Trinajstić information content (AvgIpc) is 3.06. The van der Waals surface area contributed by atoms with E-state index in [0.29, 0.717) is 13.1 Å². The molecule has 118 valence electrons. The van der Waals surface area contributed by atoms with Gasteiger partial charge in [0.15, 0.2) is 0 Å². The molecule has 0 N–H and O–H groups in total. The maximum atomic E-state index is 12.8. The van der Waals surface area contributed by atoms with Crippen molar-refractivity contribution >= 4 is 10.0 Å². The van der Waals surface area contributed by atoms with E-state index in [1.54, 1.807) is 4.31 Å². The van der Waals surface area contributed by atoms with Crippen molar-refractivity contribution in [3.8, 4) is 0 Å². The minimum absolute atomic E-state index is 0.145. The minimum atomic E-state index is -3.11. The third-order valence-corrected chi connectivity index (χ3v) is 7.25. The van der Waals surface area contributed by atoms with Crippen LogP contribution in [0.1, 0.15) is 56.0 Å². The number of aromatic nitrogens is 2. The van der Waals surface area contributed by atoms with Crippen molar-refractivity contribution in [3.63, 3.8) is 0 Å². The number of hydrogen-bond donors (Lipinski definition) is 0. The van der Waals surface area contributed by atoms with Crippen LogP contribution in [0.2, 0.25) is 0 Å². The van der Waals surface area contributed by atoms with E-state index < -0.39 is 10.0 Å². The van der Waals surface area contributed by atoms with Gasteiger partial charge in [-0.1, -0.05) is 19.3 Å². The molecule has 2 fully saturated rings. The minimum Gasteiger partial charge on any atom is -0.337 e. The molecule has 1 aliphatic heterocycles. The van der Waals surface area contributed by atoms with Crippen LogP contribution >= 0.6 is 0 Å². The summed E-state index contributed by atoms with van der Waals surface area (Å²) in [6, 6.07) is 0. The standard InChI is InChI=1S/C15H25N3O2S/c1-12-10-17(2)15(16-12)13-8-9-18(11-13)21(19,20)14-6-4-3-5-7-14/h10,13-14H,3-9,11H2,1-2H3/t13-/m0/s1. The molecule has 5 nitrogen and oxygen atoms in total. The zero-order chi connectivity index (χ0) is 15.0. The Hall–Kier alpha value is -0.880. The van der Waals surface area contributed by atoms with E-state index in [0.717, 1.165) is 43.6 Å². The van der Waals surface area contributed by atoms with E-state index >= 15 is 0 Å². The summed E-state index contributed by atoms with van der Waals surface area (Å²) in [7, 11) is -1.12. The van der Waals surface area contributed by atoms with Gasteiger partial charge in [-0.15, -0.1) is 0 Å². The summed E-state index contributed by atoms with van der Waals surface area (Å²) in [5, 5.41) is -0.145. The summed E-state index contributed by atoms with van der Waals surface area (Å²) in [5.41, 5.74) is 1.00. The van der Waals surface area contributed by atoms with Gasteiger partial charge in [0.1, 0.15) is 5.82 Å². The predicted octanol–water partition coefficient (Wildman–Crippen LogP) is 2.18. The highest BCUT2D eigenvalue weighted by Crippen LogP contribution is 2.32. The van der Waals surface area contributed by atoms with Crippen LogP contribution in [0.15, 0.2) is 6.20 Å². The van der Waals surface area contributed by atoms with Crippen LogP contribution in [0.3, 0.4) is 0 Å². The van der Waals surface area contributed by atoms with Crippen molar-refractivity contribution in [2.45, 2.75) is 56.6 Å². The van der Waals surface area contributed by atoms with Gasteiger partial charge in [0.25, 0.3) is 0 Å². The first-order valence-electron chi connectivity index (χ1n) is 7.97. The summed E-state index contributed by atoms with van der Waals surface area (Å²) >= 11 is 0. The van der Waals surface area contributed by atoms with Crippen LogP contribution in [0.25, 0.3) is 0 Å². The van der Waals surface area contributed by atoms with Crippen LogP contribution < -0.4 is 0 Å². The smallest absolute Gasteiger partial charge is 0.217 e. The van der Waals surface area contributed by atoms with E-state index in [1.165, 1.54) is 6.42 Å². The molecule has 1 aromatic rings. The summed E-state index contributed by atoms with van der Waals surface area (Å²) in [4.78, 5) is 4.56. The second kappa shape index (κ2) is 5.72. The molecule has 1 atom stereocenters. The topological polar surface area (TPSA) is 55.2 Å². The first kappa shape index (κ1) is 15.0. The normalized spacial score (nSPS) is 25.5. The molecular weight excluding hydrogens is 286 g/mol. The van der Waals surface area contributed by atoms with Crippen molar-refractivity contribution in [2.24, 2.45) is 7.05 Å². The fraction of sp³-hybridized carbons (Fsp3) is 0.800. The highest BCUT2D eigenvalue weighted by atomic mass is 32.2. The van der Waals surface area contributed by atoms with Gasteiger partial charge in [-0.3, -0.25) is 0 Å². The van der Waals surface area contributed by atoms with Crippen molar-refractivity contribution in [2.75, 3.05) is 13.1 Å². The van der Waals surface area contributed by atoms with E-state index in [4.69, 9.17) is 0 Å². The maximum Gasteiger partial charge on any atom is 0.217 e. The highest BCUT2D eigenvalue weighted by molar-refractivity contribution is 7.89. The quantitative estimate of drug-likeness (QED) is 0.860. The Morgan fingerprint density at radius 1 is 1.19 bits per heavy atom. The Balaban J connectivity index is 1.73. The highest BCUT2D eigenvalue weighted by Gasteiger charge is 2.38. The van der Waals surface area contributed by atoms with E-state index in [2.05, 4.69) is 4.98 Å². The molecule has 1 aromatic heterocycles. The molecule has 0 spiro atoms. The van der Waals surface area contributed by atoms with Crippen molar-refractivity contribution in [1.29, 1.82) is 0 Å². The van der Waals surface area contributed by atoms with Gasteiger partial charge in [0.2, 0.25) is 10.0 Å². The third-order valence-electron chi connectivity index (χ3n) is 4.88. The summed E-state index contributed by atoms with van der Waals surface area (Å²) in [5.74, 6) is 1.26. The van der Waals surface area contributed by atoms with Crippen LogP contribution in [0.5, 0.6) is 0 Å². The number of rotatable bonds is 3. The van der Waals surface area contributed by atoms with Gasteiger partial charge in [-0.2, -0.15) is 0 Å². The van der Waals surface area contributed by atoms with Gasteiger partial charge < -0.3 is 4.57 Å². The molecule has 1 aliphatic carbocycles. The van der Waals surface area contributed by atoms with Gasteiger partial charge in [-0.05, 0) is 26.2 Å². The molecule has 0 aromatic carbocycles. The van der Waals surface area contributed by atoms with Crippen LogP contribution in [0.4, 0.5) is 0 Å². The SMILES string of the molecule is Cc1cn(C)c([C@H]2CCN(S(=O)(=O)C3CCCCC3)C2)n1. The zero-order valence-electron chi connectivity index (χ0n) is 13.0. The third kappa shape index (κ3) is 2.88. The van der Waals surface area contributed by atoms with E-state index in [-0.39, 0.29) is 11.2 Å². The Kier molecular flexibility index (Phi) is 4.10. The van der Waals surface area contributed by atoms with Gasteiger partial charge in [-0.25, -0.2) is 17.7 Å². The van der Waals surface area contributed by atoms with Gasteiger partial charge in [0, 0.05) is 32.3 Å². The Labute approximate surface area is 127 Å². The lowest BCUT2D eigenvalue weighted by molar-refractivity contribution is 0.425. The molecule has 6 heteroatoms. The Morgan fingerprint density at radius 3 is 2.52 bits per heavy atom. The lowest BCUT2D eigenvalue weighted by Gasteiger charge is -2.27. The van der Waals surface area contributed by atoms with Crippen molar-refractivity contribution < 1.29 is 8.42 Å². The summed E-state index contributed by atoms with van der Waals surface area (Å²) in [6.07, 6.45) is 7.86.